The Hall–Kier alpha value is -5.47. The summed E-state index contributed by atoms with van der Waals surface area (Å²) in [5.74, 6) is -1.75. The third-order valence-corrected chi connectivity index (χ3v) is 8.94. The second-order valence-corrected chi connectivity index (χ2v) is 13.0. The molecule has 270 valence electrons. The number of rotatable bonds is 16. The molecule has 0 saturated carbocycles. The van der Waals surface area contributed by atoms with Crippen LogP contribution in [0.1, 0.15) is 66.2 Å². The highest BCUT2D eigenvalue weighted by Crippen LogP contribution is 2.26. The minimum absolute atomic E-state index is 0.0547. The summed E-state index contributed by atoms with van der Waals surface area (Å²) in [7, 11) is 4.33. The Labute approximate surface area is 300 Å². The van der Waals surface area contributed by atoms with E-state index < -0.39 is 36.3 Å². The molecule has 0 aliphatic heterocycles. The van der Waals surface area contributed by atoms with Crippen LogP contribution in [0, 0.1) is 6.92 Å². The topological polar surface area (TPSA) is 179 Å². The number of aromatic hydroxyl groups is 1. The lowest BCUT2D eigenvalue weighted by Gasteiger charge is -2.19. The van der Waals surface area contributed by atoms with Gasteiger partial charge in [-0.3, -0.25) is 14.4 Å². The second-order valence-electron chi connectivity index (χ2n) is 12.0. The Balaban J connectivity index is 1.44. The molecule has 4 rings (SSSR count). The van der Waals surface area contributed by atoms with Gasteiger partial charge >= 0.3 is 5.97 Å². The number of methoxy groups -OCH3 is 2. The lowest BCUT2D eigenvalue weighted by molar-refractivity contribution is -0.143. The van der Waals surface area contributed by atoms with Gasteiger partial charge in [0.1, 0.15) is 16.5 Å². The number of anilines is 1. The molecule has 14 heteroatoms. The van der Waals surface area contributed by atoms with E-state index in [2.05, 4.69) is 25.7 Å². The number of benzene rings is 3. The molecule has 0 radical (unpaired) electrons. The van der Waals surface area contributed by atoms with E-state index in [1.165, 1.54) is 34.4 Å². The second kappa shape index (κ2) is 18.0. The quantitative estimate of drug-likeness (QED) is 0.0838. The monoisotopic (exact) mass is 717 g/mol. The highest BCUT2D eigenvalue weighted by Gasteiger charge is 2.24. The van der Waals surface area contributed by atoms with E-state index in [1.54, 1.807) is 26.3 Å². The third-order valence-electron chi connectivity index (χ3n) is 7.99. The molecule has 3 amide bonds. The van der Waals surface area contributed by atoms with Crippen molar-refractivity contribution in [3.8, 4) is 11.5 Å². The van der Waals surface area contributed by atoms with Crippen molar-refractivity contribution in [2.24, 2.45) is 0 Å². The number of phenols is 1. The molecule has 3 aromatic carbocycles. The summed E-state index contributed by atoms with van der Waals surface area (Å²) in [6.45, 7) is 3.69. The predicted octanol–water partition coefficient (Wildman–Crippen LogP) is 4.06. The number of carbonyl (C=O) groups is 4. The molecular formula is C37H43N5O8S. The van der Waals surface area contributed by atoms with Crippen LogP contribution in [0.15, 0.2) is 66.0 Å². The standard InChI is InChI=1S/C37H43N5O8S/c1-22(9-10-24-11-12-30(32(44)14-24)38-18-25-7-6-8-29(13-25)49-4)40-34(45)26-15-27(35(46)41-31(20-43)37(48)50-5)17-28(16-26)36(47)42(3)19-33-39-23(2)21-51-33/h6-8,11-17,21-22,31,38,43-44H,9-10,18-20H2,1-5H3,(H,40,45)(H,41,46)/t22?,31-/m0/s1. The van der Waals surface area contributed by atoms with Crippen LogP contribution in [0.25, 0.3) is 0 Å². The van der Waals surface area contributed by atoms with Gasteiger partial charge in [-0.1, -0.05) is 18.2 Å². The molecular weight excluding hydrogens is 675 g/mol. The van der Waals surface area contributed by atoms with E-state index in [9.17, 15) is 29.4 Å². The third kappa shape index (κ3) is 10.8. The van der Waals surface area contributed by atoms with Crippen molar-refractivity contribution < 1.29 is 38.9 Å². The molecule has 0 fully saturated rings. The summed E-state index contributed by atoms with van der Waals surface area (Å²) in [6, 6.07) is 15.4. The number of aliphatic hydroxyl groups excluding tert-OH is 1. The van der Waals surface area contributed by atoms with Gasteiger partial charge in [0.05, 0.1) is 33.1 Å². The number of aliphatic hydroxyl groups is 1. The molecule has 5 N–H and O–H groups in total. The fraction of sp³-hybridized carbons (Fsp3) is 0.324. The van der Waals surface area contributed by atoms with Gasteiger partial charge in [0, 0.05) is 47.4 Å². The average molecular weight is 718 g/mol. The number of aromatic nitrogens is 1. The summed E-state index contributed by atoms with van der Waals surface area (Å²) in [5, 5.41) is 31.4. The first-order valence-corrected chi connectivity index (χ1v) is 17.1. The zero-order valence-corrected chi connectivity index (χ0v) is 30.0. The number of aryl methyl sites for hydroxylation is 2. The van der Waals surface area contributed by atoms with Crippen LogP contribution in [0.2, 0.25) is 0 Å². The van der Waals surface area contributed by atoms with Gasteiger partial charge in [0.15, 0.2) is 6.04 Å². The number of nitrogens with zero attached hydrogens (tertiary/aromatic N) is 2. The first-order chi connectivity index (χ1) is 24.4. The van der Waals surface area contributed by atoms with Crippen molar-refractivity contribution in [1.29, 1.82) is 0 Å². The molecule has 0 spiro atoms. The Morgan fingerprint density at radius 2 is 1.65 bits per heavy atom. The van der Waals surface area contributed by atoms with Crippen molar-refractivity contribution >= 4 is 40.7 Å². The molecule has 1 heterocycles. The summed E-state index contributed by atoms with van der Waals surface area (Å²) < 4.78 is 9.90. The lowest BCUT2D eigenvalue weighted by atomic mass is 10.0. The van der Waals surface area contributed by atoms with E-state index in [0.29, 0.717) is 25.1 Å². The summed E-state index contributed by atoms with van der Waals surface area (Å²) in [4.78, 5) is 58.0. The van der Waals surface area contributed by atoms with Crippen molar-refractivity contribution in [2.75, 3.05) is 33.2 Å². The van der Waals surface area contributed by atoms with E-state index in [0.717, 1.165) is 34.7 Å². The van der Waals surface area contributed by atoms with Gasteiger partial charge < -0.3 is 40.5 Å². The SMILES string of the molecule is COC(=O)[C@H](CO)NC(=O)c1cc(C(=O)NC(C)CCc2ccc(NCc3cccc(OC)c3)c(O)c2)cc(C(=O)N(C)Cc2nc(C)cs2)c1. The summed E-state index contributed by atoms with van der Waals surface area (Å²) in [6.07, 6.45) is 1.08. The smallest absolute Gasteiger partial charge is 0.330 e. The molecule has 2 atom stereocenters. The molecule has 0 bridgehead atoms. The Morgan fingerprint density at radius 1 is 0.941 bits per heavy atom. The summed E-state index contributed by atoms with van der Waals surface area (Å²) in [5.41, 5.74) is 3.35. The van der Waals surface area contributed by atoms with Crippen LogP contribution in [0.3, 0.4) is 0 Å². The van der Waals surface area contributed by atoms with Crippen molar-refractivity contribution in [3.05, 3.63) is 105 Å². The average Bonchev–Trinajstić information content (AvgIpc) is 3.55. The van der Waals surface area contributed by atoms with Gasteiger partial charge in [-0.05, 0) is 80.3 Å². The van der Waals surface area contributed by atoms with Crippen LogP contribution in [0.5, 0.6) is 11.5 Å². The zero-order valence-electron chi connectivity index (χ0n) is 29.2. The van der Waals surface area contributed by atoms with E-state index in [-0.39, 0.29) is 35.0 Å². The summed E-state index contributed by atoms with van der Waals surface area (Å²) >= 11 is 1.41. The number of amides is 3. The Morgan fingerprint density at radius 3 is 2.27 bits per heavy atom. The molecule has 0 aliphatic carbocycles. The molecule has 0 saturated heterocycles. The normalized spacial score (nSPS) is 12.0. The fourth-order valence-corrected chi connectivity index (χ4v) is 6.00. The molecule has 0 aliphatic rings. The minimum atomic E-state index is -1.34. The molecule has 51 heavy (non-hydrogen) atoms. The number of nitrogens with one attached hydrogen (secondary N) is 3. The van der Waals surface area contributed by atoms with E-state index in [4.69, 9.17) is 4.74 Å². The molecule has 13 nitrogen and oxygen atoms in total. The van der Waals surface area contributed by atoms with Crippen LogP contribution < -0.4 is 20.7 Å². The van der Waals surface area contributed by atoms with Crippen LogP contribution in [-0.4, -0.2) is 83.7 Å². The number of ether oxygens (including phenoxy) is 2. The molecule has 1 unspecified atom stereocenters. The largest absolute Gasteiger partial charge is 0.506 e. The van der Waals surface area contributed by atoms with Crippen molar-refractivity contribution in [1.82, 2.24) is 20.5 Å². The van der Waals surface area contributed by atoms with Crippen LogP contribution >= 0.6 is 11.3 Å². The fourth-order valence-electron chi connectivity index (χ4n) is 5.17. The number of hydrogen-bond acceptors (Lipinski definition) is 11. The highest BCUT2D eigenvalue weighted by molar-refractivity contribution is 7.09. The maximum atomic E-state index is 13.5. The van der Waals surface area contributed by atoms with E-state index >= 15 is 0 Å². The Kier molecular flexibility index (Phi) is 13.5. The Bertz CT molecular complexity index is 1860. The first-order valence-electron chi connectivity index (χ1n) is 16.2. The lowest BCUT2D eigenvalue weighted by Crippen LogP contribution is -2.44. The number of hydrogen-bond donors (Lipinski definition) is 5. The maximum Gasteiger partial charge on any atom is 0.330 e. The van der Waals surface area contributed by atoms with Gasteiger partial charge in [0.2, 0.25) is 0 Å². The predicted molar refractivity (Wildman–Crippen MR) is 193 cm³/mol. The number of thiazole rings is 1. The molecule has 4 aromatic rings. The van der Waals surface area contributed by atoms with Gasteiger partial charge in [-0.2, -0.15) is 0 Å². The zero-order chi connectivity index (χ0) is 37.1. The maximum absolute atomic E-state index is 13.5. The van der Waals surface area contributed by atoms with E-state index in [1.807, 2.05) is 49.6 Å². The van der Waals surface area contributed by atoms with Gasteiger partial charge in [0.25, 0.3) is 17.7 Å². The van der Waals surface area contributed by atoms with Gasteiger partial charge in [-0.15, -0.1) is 11.3 Å². The first kappa shape index (κ1) is 38.3. The highest BCUT2D eigenvalue weighted by atomic mass is 32.1. The number of carbonyl (C=O) groups excluding carboxylic acids is 4. The van der Waals surface area contributed by atoms with Crippen molar-refractivity contribution in [3.63, 3.8) is 0 Å². The van der Waals surface area contributed by atoms with Gasteiger partial charge in [-0.25, -0.2) is 9.78 Å². The molecule has 1 aromatic heterocycles. The van der Waals surface area contributed by atoms with Crippen LogP contribution in [0.4, 0.5) is 5.69 Å². The number of esters is 1. The number of phenolic OH excluding ortho intramolecular Hbond substituents is 1. The van der Waals surface area contributed by atoms with Crippen LogP contribution in [-0.2, 0) is 29.0 Å². The van der Waals surface area contributed by atoms with Crippen molar-refractivity contribution in [2.45, 2.75) is 51.9 Å². The minimum Gasteiger partial charge on any atom is -0.506 e.